The topological polar surface area (TPSA) is 87.9 Å². The molecule has 0 bridgehead atoms. The van der Waals surface area contributed by atoms with Gasteiger partial charge in [-0.05, 0) is 12.1 Å². The Balaban J connectivity index is 2.15. The van der Waals surface area contributed by atoms with E-state index in [0.29, 0.717) is 28.2 Å². The zero-order valence-corrected chi connectivity index (χ0v) is 13.4. The number of nitrogens with two attached hydrogens (primary N) is 1. The standard InChI is InChI=1S/C19H15NO5/c1-23-10-19-12-7-3-5-9-14(12)24-13-8-4-2-6-11(13)16(19)15(17(20)21)18(22)25-19/h2-9H,10H2,1H3,(H2,20,21). The van der Waals surface area contributed by atoms with Crippen molar-refractivity contribution in [2.24, 2.45) is 5.73 Å². The first-order valence-electron chi connectivity index (χ1n) is 7.72. The van der Waals surface area contributed by atoms with Crippen molar-refractivity contribution in [2.75, 3.05) is 13.7 Å². The lowest BCUT2D eigenvalue weighted by atomic mass is 9.81. The number of carbonyl (C=O) groups is 2. The molecule has 6 heteroatoms. The van der Waals surface area contributed by atoms with Crippen molar-refractivity contribution < 1.29 is 23.8 Å². The molecule has 6 nitrogen and oxygen atoms in total. The summed E-state index contributed by atoms with van der Waals surface area (Å²) in [6.07, 6.45) is 0. The van der Waals surface area contributed by atoms with Crippen LogP contribution in [0.4, 0.5) is 0 Å². The van der Waals surface area contributed by atoms with Crippen molar-refractivity contribution in [3.05, 3.63) is 65.2 Å². The molecule has 25 heavy (non-hydrogen) atoms. The van der Waals surface area contributed by atoms with Crippen LogP contribution < -0.4 is 10.5 Å². The predicted molar refractivity (Wildman–Crippen MR) is 88.7 cm³/mol. The Hall–Kier alpha value is -3.12. The quantitative estimate of drug-likeness (QED) is 0.685. The Labute approximate surface area is 143 Å². The average molecular weight is 337 g/mol. The summed E-state index contributed by atoms with van der Waals surface area (Å²) >= 11 is 0. The van der Waals surface area contributed by atoms with E-state index in [9.17, 15) is 9.59 Å². The zero-order chi connectivity index (χ0) is 17.6. The van der Waals surface area contributed by atoms with E-state index in [1.165, 1.54) is 7.11 Å². The van der Waals surface area contributed by atoms with Crippen molar-refractivity contribution in [1.82, 2.24) is 0 Å². The van der Waals surface area contributed by atoms with Gasteiger partial charge in [0.15, 0.2) is 5.60 Å². The number of methoxy groups -OCH3 is 1. The predicted octanol–water partition coefficient (Wildman–Crippen LogP) is 2.13. The lowest BCUT2D eigenvalue weighted by molar-refractivity contribution is -0.151. The Morgan fingerprint density at radius 3 is 2.52 bits per heavy atom. The fraction of sp³-hybridized carbons (Fsp3) is 0.158. The first-order chi connectivity index (χ1) is 12.1. The molecule has 2 aliphatic rings. The number of ether oxygens (including phenoxy) is 3. The van der Waals surface area contributed by atoms with Gasteiger partial charge in [0, 0.05) is 23.8 Å². The Morgan fingerprint density at radius 2 is 1.80 bits per heavy atom. The van der Waals surface area contributed by atoms with Gasteiger partial charge in [0.1, 0.15) is 17.1 Å². The molecule has 0 fully saturated rings. The van der Waals surface area contributed by atoms with Crippen molar-refractivity contribution >= 4 is 17.4 Å². The Bertz CT molecular complexity index is 933. The van der Waals surface area contributed by atoms with E-state index >= 15 is 0 Å². The number of esters is 1. The molecular weight excluding hydrogens is 322 g/mol. The maximum Gasteiger partial charge on any atom is 0.345 e. The molecule has 0 saturated heterocycles. The van der Waals surface area contributed by atoms with Crippen LogP contribution in [-0.2, 0) is 24.7 Å². The van der Waals surface area contributed by atoms with Crippen LogP contribution >= 0.6 is 0 Å². The van der Waals surface area contributed by atoms with Crippen molar-refractivity contribution in [3.8, 4) is 11.5 Å². The second kappa shape index (κ2) is 5.46. The first kappa shape index (κ1) is 15.4. The smallest absolute Gasteiger partial charge is 0.345 e. The highest BCUT2D eigenvalue weighted by Crippen LogP contribution is 2.54. The van der Waals surface area contributed by atoms with Crippen molar-refractivity contribution in [1.29, 1.82) is 0 Å². The maximum absolute atomic E-state index is 12.5. The highest BCUT2D eigenvalue weighted by molar-refractivity contribution is 6.25. The second-order valence-corrected chi connectivity index (χ2v) is 5.86. The van der Waals surface area contributed by atoms with E-state index in [4.69, 9.17) is 19.9 Å². The third kappa shape index (κ3) is 2.08. The molecule has 1 unspecified atom stereocenters. The number of para-hydroxylation sites is 2. The average Bonchev–Trinajstić information content (AvgIpc) is 2.83. The molecular formula is C19H15NO5. The molecule has 1 atom stereocenters. The van der Waals surface area contributed by atoms with Gasteiger partial charge in [0.2, 0.25) is 0 Å². The van der Waals surface area contributed by atoms with Crippen molar-refractivity contribution in [3.63, 3.8) is 0 Å². The summed E-state index contributed by atoms with van der Waals surface area (Å²) in [7, 11) is 1.50. The van der Waals surface area contributed by atoms with Crippen LogP contribution in [0.3, 0.4) is 0 Å². The van der Waals surface area contributed by atoms with E-state index < -0.39 is 17.5 Å². The minimum Gasteiger partial charge on any atom is -0.456 e. The highest BCUT2D eigenvalue weighted by Gasteiger charge is 2.54. The Morgan fingerprint density at radius 1 is 1.12 bits per heavy atom. The minimum atomic E-state index is -1.29. The van der Waals surface area contributed by atoms with Crippen LogP contribution in [0.2, 0.25) is 0 Å². The number of hydrogen-bond donors (Lipinski definition) is 1. The summed E-state index contributed by atoms with van der Waals surface area (Å²) in [6.45, 7) is 0.0273. The van der Waals surface area contributed by atoms with Gasteiger partial charge in [-0.3, -0.25) is 4.79 Å². The number of primary amides is 1. The maximum atomic E-state index is 12.5. The molecule has 0 spiro atoms. The molecule has 2 N–H and O–H groups in total. The molecule has 1 amide bonds. The van der Waals surface area contributed by atoms with Gasteiger partial charge in [-0.25, -0.2) is 4.79 Å². The van der Waals surface area contributed by atoms with E-state index in [1.54, 1.807) is 30.3 Å². The lowest BCUT2D eigenvalue weighted by Gasteiger charge is -2.30. The molecule has 4 rings (SSSR count). The number of fused-ring (bicyclic) bond motifs is 5. The van der Waals surface area contributed by atoms with Gasteiger partial charge in [-0.1, -0.05) is 36.4 Å². The monoisotopic (exact) mass is 337 g/mol. The third-order valence-corrected chi connectivity index (χ3v) is 4.42. The zero-order valence-electron chi connectivity index (χ0n) is 13.4. The van der Waals surface area contributed by atoms with Crippen LogP contribution in [0.1, 0.15) is 11.1 Å². The molecule has 2 heterocycles. The molecule has 126 valence electrons. The Kier molecular flexibility index (Phi) is 3.36. The summed E-state index contributed by atoms with van der Waals surface area (Å²) in [5, 5.41) is 0. The second-order valence-electron chi connectivity index (χ2n) is 5.86. The van der Waals surface area contributed by atoms with Gasteiger partial charge in [-0.15, -0.1) is 0 Å². The molecule has 2 aliphatic heterocycles. The fourth-order valence-electron chi connectivity index (χ4n) is 3.48. The van der Waals surface area contributed by atoms with Gasteiger partial charge in [-0.2, -0.15) is 0 Å². The summed E-state index contributed by atoms with van der Waals surface area (Å²) < 4.78 is 17.1. The molecule has 0 aliphatic carbocycles. The first-order valence-corrected chi connectivity index (χ1v) is 7.72. The van der Waals surface area contributed by atoms with Crippen LogP contribution in [0.25, 0.3) is 5.57 Å². The van der Waals surface area contributed by atoms with E-state index in [1.807, 2.05) is 18.2 Å². The van der Waals surface area contributed by atoms with Crippen LogP contribution in [-0.4, -0.2) is 25.6 Å². The molecule has 2 aromatic carbocycles. The largest absolute Gasteiger partial charge is 0.456 e. The molecule has 0 saturated carbocycles. The lowest BCUT2D eigenvalue weighted by Crippen LogP contribution is -2.33. The summed E-state index contributed by atoms with van der Waals surface area (Å²) in [5.74, 6) is -0.557. The van der Waals surface area contributed by atoms with E-state index in [0.717, 1.165) is 0 Å². The molecule has 2 aromatic rings. The number of carbonyl (C=O) groups excluding carboxylic acids is 2. The van der Waals surface area contributed by atoms with Gasteiger partial charge < -0.3 is 19.9 Å². The SMILES string of the molecule is COCC12OC(=O)C(C(N)=O)=C1c1ccccc1Oc1ccccc12. The summed E-state index contributed by atoms with van der Waals surface area (Å²) in [6, 6.07) is 14.3. The summed E-state index contributed by atoms with van der Waals surface area (Å²) in [4.78, 5) is 24.5. The van der Waals surface area contributed by atoms with Crippen molar-refractivity contribution in [2.45, 2.75) is 5.60 Å². The number of rotatable bonds is 3. The highest BCUT2D eigenvalue weighted by atomic mass is 16.6. The number of hydrogen-bond acceptors (Lipinski definition) is 5. The minimum absolute atomic E-state index is 0.0273. The van der Waals surface area contributed by atoms with Gasteiger partial charge >= 0.3 is 5.97 Å². The van der Waals surface area contributed by atoms with E-state index in [2.05, 4.69) is 0 Å². The van der Waals surface area contributed by atoms with Gasteiger partial charge in [0.05, 0.1) is 6.61 Å². The van der Waals surface area contributed by atoms with Crippen LogP contribution in [0, 0.1) is 0 Å². The normalized spacial score (nSPS) is 20.8. The number of amides is 1. The number of benzene rings is 2. The van der Waals surface area contributed by atoms with Gasteiger partial charge in [0.25, 0.3) is 5.91 Å². The van der Waals surface area contributed by atoms with E-state index in [-0.39, 0.29) is 12.2 Å². The fourth-order valence-corrected chi connectivity index (χ4v) is 3.48. The third-order valence-electron chi connectivity index (χ3n) is 4.42. The van der Waals surface area contributed by atoms with Crippen LogP contribution in [0.15, 0.2) is 54.1 Å². The molecule has 0 radical (unpaired) electrons. The molecule has 0 aromatic heterocycles. The van der Waals surface area contributed by atoms with Crippen LogP contribution in [0.5, 0.6) is 11.5 Å². The summed E-state index contributed by atoms with van der Waals surface area (Å²) in [5.41, 5.74) is 5.60.